The van der Waals surface area contributed by atoms with E-state index in [2.05, 4.69) is 25.8 Å². The Morgan fingerprint density at radius 1 is 1.60 bits per heavy atom. The van der Waals surface area contributed by atoms with Gasteiger partial charge in [0, 0.05) is 17.3 Å². The molecule has 0 aliphatic heterocycles. The number of thiazole rings is 1. The Balaban J connectivity index is 1.57. The zero-order chi connectivity index (χ0) is 13.9. The molecule has 0 aromatic carbocycles. The normalized spacial score (nSPS) is 17.8. The van der Waals surface area contributed by atoms with Gasteiger partial charge in [0.25, 0.3) is 0 Å². The average molecular weight is 292 g/mol. The van der Waals surface area contributed by atoms with E-state index < -0.39 is 0 Å². The summed E-state index contributed by atoms with van der Waals surface area (Å²) < 4.78 is 1.41. The SMILES string of the molecule is Cc1nc2c(s1)CCC[C@@H]2CNC(=O)Cn1cnnn1. The van der Waals surface area contributed by atoms with Gasteiger partial charge in [0.1, 0.15) is 12.9 Å². The minimum Gasteiger partial charge on any atom is -0.354 e. The van der Waals surface area contributed by atoms with Gasteiger partial charge in [-0.1, -0.05) is 0 Å². The monoisotopic (exact) mass is 292 g/mol. The van der Waals surface area contributed by atoms with Gasteiger partial charge < -0.3 is 5.32 Å². The summed E-state index contributed by atoms with van der Waals surface area (Å²) in [6.07, 6.45) is 4.81. The van der Waals surface area contributed by atoms with Crippen LogP contribution in [0.1, 0.15) is 34.3 Å². The summed E-state index contributed by atoms with van der Waals surface area (Å²) in [4.78, 5) is 17.8. The van der Waals surface area contributed by atoms with Crippen molar-refractivity contribution in [1.29, 1.82) is 0 Å². The maximum absolute atomic E-state index is 11.8. The molecule has 0 unspecified atom stereocenters. The quantitative estimate of drug-likeness (QED) is 0.895. The van der Waals surface area contributed by atoms with Crippen molar-refractivity contribution in [3.05, 3.63) is 21.9 Å². The van der Waals surface area contributed by atoms with E-state index in [1.54, 1.807) is 11.3 Å². The fourth-order valence-electron chi connectivity index (χ4n) is 2.52. The summed E-state index contributed by atoms with van der Waals surface area (Å²) >= 11 is 1.78. The average Bonchev–Trinajstić information content (AvgIpc) is 3.04. The molecule has 8 heteroatoms. The van der Waals surface area contributed by atoms with Crippen molar-refractivity contribution in [2.24, 2.45) is 0 Å². The molecule has 7 nitrogen and oxygen atoms in total. The third-order valence-electron chi connectivity index (χ3n) is 3.42. The van der Waals surface area contributed by atoms with Crippen LogP contribution in [-0.4, -0.2) is 37.6 Å². The molecule has 2 heterocycles. The number of amides is 1. The number of carbonyl (C=O) groups excluding carboxylic acids is 1. The van der Waals surface area contributed by atoms with Gasteiger partial charge in [-0.3, -0.25) is 4.79 Å². The van der Waals surface area contributed by atoms with Crippen molar-refractivity contribution in [3.63, 3.8) is 0 Å². The molecule has 0 bridgehead atoms. The Kier molecular flexibility index (Phi) is 3.72. The highest BCUT2D eigenvalue weighted by Crippen LogP contribution is 2.34. The Morgan fingerprint density at radius 3 is 3.30 bits per heavy atom. The molecule has 2 aromatic heterocycles. The molecule has 0 radical (unpaired) electrons. The molecule has 0 spiro atoms. The molecule has 0 fully saturated rings. The number of tetrazole rings is 1. The van der Waals surface area contributed by atoms with Crippen LogP contribution in [0, 0.1) is 6.92 Å². The Hall–Kier alpha value is -1.83. The van der Waals surface area contributed by atoms with E-state index in [0.717, 1.165) is 17.8 Å². The zero-order valence-corrected chi connectivity index (χ0v) is 12.1. The second kappa shape index (κ2) is 5.66. The largest absolute Gasteiger partial charge is 0.354 e. The zero-order valence-electron chi connectivity index (χ0n) is 11.2. The van der Waals surface area contributed by atoms with Gasteiger partial charge in [0.05, 0.1) is 10.7 Å². The van der Waals surface area contributed by atoms with Gasteiger partial charge >= 0.3 is 0 Å². The molecule has 1 aliphatic carbocycles. The van der Waals surface area contributed by atoms with Crippen LogP contribution in [0.4, 0.5) is 0 Å². The first-order valence-corrected chi connectivity index (χ1v) is 7.47. The molecular formula is C12H16N6OS. The maximum Gasteiger partial charge on any atom is 0.241 e. The van der Waals surface area contributed by atoms with Crippen LogP contribution in [0.15, 0.2) is 6.33 Å². The highest BCUT2D eigenvalue weighted by atomic mass is 32.1. The lowest BCUT2D eigenvalue weighted by atomic mass is 9.91. The van der Waals surface area contributed by atoms with Crippen LogP contribution in [-0.2, 0) is 17.8 Å². The number of nitrogens with one attached hydrogen (secondary N) is 1. The van der Waals surface area contributed by atoms with Gasteiger partial charge in [-0.2, -0.15) is 0 Å². The predicted molar refractivity (Wildman–Crippen MR) is 73.4 cm³/mol. The second-order valence-corrected chi connectivity index (χ2v) is 6.23. The smallest absolute Gasteiger partial charge is 0.241 e. The molecule has 1 atom stereocenters. The van der Waals surface area contributed by atoms with Crippen LogP contribution in [0.3, 0.4) is 0 Å². The first kappa shape index (κ1) is 13.2. The van der Waals surface area contributed by atoms with Crippen molar-refractivity contribution in [2.45, 2.75) is 38.6 Å². The molecule has 0 saturated carbocycles. The number of hydrogen-bond acceptors (Lipinski definition) is 6. The molecular weight excluding hydrogens is 276 g/mol. The van der Waals surface area contributed by atoms with Crippen LogP contribution in [0.25, 0.3) is 0 Å². The van der Waals surface area contributed by atoms with Crippen molar-refractivity contribution >= 4 is 17.2 Å². The van der Waals surface area contributed by atoms with E-state index in [9.17, 15) is 4.79 Å². The van der Waals surface area contributed by atoms with Crippen LogP contribution < -0.4 is 5.32 Å². The standard InChI is InChI=1S/C12H16N6OS/c1-8-15-12-9(3-2-4-10(12)20-8)5-13-11(19)6-18-7-14-16-17-18/h7,9H,2-6H2,1H3,(H,13,19)/t9-/m1/s1. The predicted octanol–water partition coefficient (Wildman–Crippen LogP) is 0.674. The van der Waals surface area contributed by atoms with Gasteiger partial charge in [0.15, 0.2) is 0 Å². The number of aromatic nitrogens is 5. The minimum absolute atomic E-state index is 0.0728. The lowest BCUT2D eigenvalue weighted by Gasteiger charge is -2.21. The lowest BCUT2D eigenvalue weighted by Crippen LogP contribution is -2.32. The number of nitrogens with zero attached hydrogens (tertiary/aromatic N) is 5. The number of hydrogen-bond donors (Lipinski definition) is 1. The fraction of sp³-hybridized carbons (Fsp3) is 0.583. The van der Waals surface area contributed by atoms with Crippen molar-refractivity contribution in [2.75, 3.05) is 6.54 Å². The number of rotatable bonds is 4. The van der Waals surface area contributed by atoms with E-state index in [1.165, 1.54) is 28.0 Å². The molecule has 1 N–H and O–H groups in total. The Bertz CT molecular complexity index is 593. The van der Waals surface area contributed by atoms with E-state index in [4.69, 9.17) is 0 Å². The van der Waals surface area contributed by atoms with Crippen LogP contribution in [0.5, 0.6) is 0 Å². The van der Waals surface area contributed by atoms with E-state index in [1.807, 2.05) is 6.92 Å². The minimum atomic E-state index is -0.0728. The summed E-state index contributed by atoms with van der Waals surface area (Å²) in [5.41, 5.74) is 1.18. The summed E-state index contributed by atoms with van der Waals surface area (Å²) in [5.74, 6) is 0.262. The van der Waals surface area contributed by atoms with E-state index in [0.29, 0.717) is 12.5 Å². The van der Waals surface area contributed by atoms with E-state index >= 15 is 0 Å². The molecule has 3 rings (SSSR count). The highest BCUT2D eigenvalue weighted by molar-refractivity contribution is 7.11. The summed E-state index contributed by atoms with van der Waals surface area (Å²) in [5, 5.41) is 14.7. The van der Waals surface area contributed by atoms with Crippen molar-refractivity contribution in [3.8, 4) is 0 Å². The molecule has 1 aliphatic rings. The fourth-order valence-corrected chi connectivity index (χ4v) is 3.58. The van der Waals surface area contributed by atoms with Crippen molar-refractivity contribution < 1.29 is 4.79 Å². The van der Waals surface area contributed by atoms with E-state index in [-0.39, 0.29) is 12.5 Å². The summed E-state index contributed by atoms with van der Waals surface area (Å²) in [7, 11) is 0. The number of fused-ring (bicyclic) bond motifs is 1. The second-order valence-electron chi connectivity index (χ2n) is 4.94. The third kappa shape index (κ3) is 2.84. The first-order valence-electron chi connectivity index (χ1n) is 6.66. The molecule has 20 heavy (non-hydrogen) atoms. The molecule has 0 saturated heterocycles. The molecule has 2 aromatic rings. The Labute approximate surface area is 120 Å². The van der Waals surface area contributed by atoms with Crippen LogP contribution >= 0.6 is 11.3 Å². The van der Waals surface area contributed by atoms with Gasteiger partial charge in [0.2, 0.25) is 5.91 Å². The van der Waals surface area contributed by atoms with Gasteiger partial charge in [-0.15, -0.1) is 16.4 Å². The van der Waals surface area contributed by atoms with Crippen molar-refractivity contribution in [1.82, 2.24) is 30.5 Å². The van der Waals surface area contributed by atoms with Gasteiger partial charge in [-0.25, -0.2) is 9.67 Å². The molecule has 106 valence electrons. The molecule has 1 amide bonds. The Morgan fingerprint density at radius 2 is 2.50 bits per heavy atom. The first-order chi connectivity index (χ1) is 9.72. The highest BCUT2D eigenvalue weighted by Gasteiger charge is 2.24. The summed E-state index contributed by atoms with van der Waals surface area (Å²) in [6.45, 7) is 2.83. The van der Waals surface area contributed by atoms with Gasteiger partial charge in [-0.05, 0) is 36.6 Å². The topological polar surface area (TPSA) is 85.6 Å². The maximum atomic E-state index is 11.8. The number of carbonyl (C=O) groups is 1. The van der Waals surface area contributed by atoms with Crippen LogP contribution in [0.2, 0.25) is 0 Å². The summed E-state index contributed by atoms with van der Waals surface area (Å²) in [6, 6.07) is 0. The lowest BCUT2D eigenvalue weighted by molar-refractivity contribution is -0.121. The number of aryl methyl sites for hydroxylation is 2. The third-order valence-corrected chi connectivity index (χ3v) is 4.47.